The number of allylic oxidation sites excluding steroid dienone is 1. The van der Waals surface area contributed by atoms with Gasteiger partial charge in [0.15, 0.2) is 0 Å². The quantitative estimate of drug-likeness (QED) is 0.579. The zero-order chi connectivity index (χ0) is 19.1. The molecule has 0 amide bonds. The number of carbonyl (C=O) groups excluding carboxylic acids is 1. The van der Waals surface area contributed by atoms with Gasteiger partial charge in [0.25, 0.3) is 5.56 Å². The number of aromatic nitrogens is 2. The summed E-state index contributed by atoms with van der Waals surface area (Å²) in [6.45, 7) is 10.7. The first-order chi connectivity index (χ1) is 12.2. The second-order valence-corrected chi connectivity index (χ2v) is 9.02. The summed E-state index contributed by atoms with van der Waals surface area (Å²) in [7, 11) is 1.34. The zero-order valence-corrected chi connectivity index (χ0v) is 17.0. The Morgan fingerprint density at radius 2 is 2.23 bits per heavy atom. The first-order valence-corrected chi connectivity index (χ1v) is 10.0. The van der Waals surface area contributed by atoms with Gasteiger partial charge in [-0.25, -0.2) is 9.78 Å². The van der Waals surface area contributed by atoms with Crippen LogP contribution in [0.4, 0.5) is 4.79 Å². The van der Waals surface area contributed by atoms with Crippen molar-refractivity contribution in [3.8, 4) is 0 Å². The van der Waals surface area contributed by atoms with Crippen LogP contribution in [-0.2, 0) is 34.8 Å². The highest BCUT2D eigenvalue weighted by Gasteiger charge is 2.31. The molecule has 1 aliphatic heterocycles. The van der Waals surface area contributed by atoms with Crippen LogP contribution in [0, 0.1) is 0 Å². The summed E-state index contributed by atoms with van der Waals surface area (Å²) >= 11 is 2.49. The number of thiophene rings is 1. The molecule has 3 rings (SSSR count). The highest BCUT2D eigenvalue weighted by molar-refractivity contribution is 8.12. The van der Waals surface area contributed by atoms with Crippen LogP contribution < -0.4 is 5.56 Å². The molecule has 2 aromatic heterocycles. The summed E-state index contributed by atoms with van der Waals surface area (Å²) in [5.74, 6) is 0.829. The van der Waals surface area contributed by atoms with Crippen LogP contribution in [0.1, 0.15) is 37.0 Å². The molecule has 3 heterocycles. The molecule has 2 aromatic rings. The van der Waals surface area contributed by atoms with E-state index in [2.05, 4.69) is 11.3 Å². The molecule has 6 nitrogen and oxygen atoms in total. The summed E-state index contributed by atoms with van der Waals surface area (Å²) in [4.78, 5) is 31.2. The Hall–Kier alpha value is -1.64. The van der Waals surface area contributed by atoms with Gasteiger partial charge in [-0.15, -0.1) is 11.3 Å². The van der Waals surface area contributed by atoms with Crippen molar-refractivity contribution < 1.29 is 14.3 Å². The number of hydrogen-bond donors (Lipinski definition) is 0. The molecular formula is C18H22N2O4S2. The minimum absolute atomic E-state index is 0.0753. The summed E-state index contributed by atoms with van der Waals surface area (Å²) in [5.41, 5.74) is 1.52. The minimum atomic E-state index is -0.401. The van der Waals surface area contributed by atoms with Crippen LogP contribution >= 0.6 is 23.1 Å². The first kappa shape index (κ1) is 19.1. The van der Waals surface area contributed by atoms with Gasteiger partial charge in [0, 0.05) is 17.8 Å². The zero-order valence-electron chi connectivity index (χ0n) is 15.4. The maximum atomic E-state index is 13.3. The van der Waals surface area contributed by atoms with Gasteiger partial charge in [-0.2, -0.15) is 0 Å². The molecule has 0 spiro atoms. The fourth-order valence-electron chi connectivity index (χ4n) is 2.99. The van der Waals surface area contributed by atoms with Crippen molar-refractivity contribution in [2.75, 3.05) is 7.11 Å². The second-order valence-electron chi connectivity index (χ2n) is 7.03. The Kier molecular flexibility index (Phi) is 5.28. The largest absolute Gasteiger partial charge is 0.461 e. The van der Waals surface area contributed by atoms with Crippen LogP contribution in [0.3, 0.4) is 0 Å². The lowest BCUT2D eigenvalue weighted by Gasteiger charge is -2.30. The average Bonchev–Trinajstić information content (AvgIpc) is 2.91. The number of ether oxygens (including phenoxy) is 2. The van der Waals surface area contributed by atoms with Crippen molar-refractivity contribution in [2.45, 2.75) is 51.7 Å². The van der Waals surface area contributed by atoms with Gasteiger partial charge in [0.2, 0.25) is 0 Å². The van der Waals surface area contributed by atoms with Gasteiger partial charge in [0.05, 0.1) is 30.5 Å². The SMILES string of the molecule is C=C(C)Cn1c(CSC(=O)OC)nc2sc3c(c2c1=O)CC(C)(C)OC3. The van der Waals surface area contributed by atoms with E-state index in [-0.39, 0.29) is 16.9 Å². The highest BCUT2D eigenvalue weighted by Crippen LogP contribution is 2.37. The number of nitrogens with zero attached hydrogens (tertiary/aromatic N) is 2. The second kappa shape index (κ2) is 7.17. The molecule has 26 heavy (non-hydrogen) atoms. The molecule has 0 bridgehead atoms. The van der Waals surface area contributed by atoms with E-state index in [4.69, 9.17) is 9.72 Å². The van der Waals surface area contributed by atoms with Crippen LogP contribution in [0.15, 0.2) is 16.9 Å². The van der Waals surface area contributed by atoms with Crippen molar-refractivity contribution in [2.24, 2.45) is 0 Å². The predicted molar refractivity (Wildman–Crippen MR) is 105 cm³/mol. The number of thioether (sulfide) groups is 1. The summed E-state index contributed by atoms with van der Waals surface area (Å²) < 4.78 is 12.2. The molecule has 0 aliphatic carbocycles. The average molecular weight is 395 g/mol. The molecule has 140 valence electrons. The Bertz CT molecular complexity index is 943. The molecule has 0 N–H and O–H groups in total. The number of fused-ring (bicyclic) bond motifs is 3. The van der Waals surface area contributed by atoms with Gasteiger partial charge in [-0.05, 0) is 38.1 Å². The van der Waals surface area contributed by atoms with Crippen molar-refractivity contribution in [1.29, 1.82) is 0 Å². The third-order valence-corrected chi connectivity index (χ3v) is 6.09. The van der Waals surface area contributed by atoms with Gasteiger partial charge >= 0.3 is 5.30 Å². The van der Waals surface area contributed by atoms with Gasteiger partial charge in [0.1, 0.15) is 10.7 Å². The molecule has 0 saturated heterocycles. The summed E-state index contributed by atoms with van der Waals surface area (Å²) in [6, 6.07) is 0. The maximum Gasteiger partial charge on any atom is 0.367 e. The van der Waals surface area contributed by atoms with E-state index in [1.165, 1.54) is 18.4 Å². The maximum absolute atomic E-state index is 13.3. The molecule has 1 aliphatic rings. The van der Waals surface area contributed by atoms with E-state index in [0.29, 0.717) is 35.6 Å². The Balaban J connectivity index is 2.15. The van der Waals surface area contributed by atoms with Gasteiger partial charge < -0.3 is 9.47 Å². The third-order valence-electron chi connectivity index (χ3n) is 4.18. The number of carbonyl (C=O) groups is 1. The summed E-state index contributed by atoms with van der Waals surface area (Å²) in [6.07, 6.45) is 0.683. The van der Waals surface area contributed by atoms with Crippen LogP contribution in [0.25, 0.3) is 10.2 Å². The standard InChI is InChI=1S/C18H22N2O4S2/c1-10(2)7-20-13(9-25-17(22)23-5)19-15-14(16(20)21)11-6-18(3,4)24-8-12(11)26-15/h1,6-9H2,2-5H3. The predicted octanol–water partition coefficient (Wildman–Crippen LogP) is 3.89. The molecule has 0 saturated carbocycles. The monoisotopic (exact) mass is 394 g/mol. The van der Waals surface area contributed by atoms with Gasteiger partial charge in [-0.3, -0.25) is 9.36 Å². The van der Waals surface area contributed by atoms with Crippen molar-refractivity contribution in [3.05, 3.63) is 38.8 Å². The topological polar surface area (TPSA) is 70.4 Å². The molecule has 0 fully saturated rings. The van der Waals surface area contributed by atoms with E-state index in [0.717, 1.165) is 27.8 Å². The van der Waals surface area contributed by atoms with E-state index < -0.39 is 5.30 Å². The third kappa shape index (κ3) is 3.72. The van der Waals surface area contributed by atoms with Crippen LogP contribution in [0.2, 0.25) is 0 Å². The smallest absolute Gasteiger partial charge is 0.367 e. The number of rotatable bonds is 4. The molecule has 0 unspecified atom stereocenters. The highest BCUT2D eigenvalue weighted by atomic mass is 32.2. The number of hydrogen-bond acceptors (Lipinski definition) is 7. The van der Waals surface area contributed by atoms with E-state index in [9.17, 15) is 9.59 Å². The molecule has 0 radical (unpaired) electrons. The van der Waals surface area contributed by atoms with Crippen LogP contribution in [-0.4, -0.2) is 27.6 Å². The Labute approximate surface area is 160 Å². The lowest BCUT2D eigenvalue weighted by molar-refractivity contribution is -0.0379. The fraction of sp³-hybridized carbons (Fsp3) is 0.500. The van der Waals surface area contributed by atoms with Crippen molar-refractivity contribution >= 4 is 38.6 Å². The Morgan fingerprint density at radius 1 is 1.50 bits per heavy atom. The van der Waals surface area contributed by atoms with Crippen molar-refractivity contribution in [3.63, 3.8) is 0 Å². The van der Waals surface area contributed by atoms with Crippen molar-refractivity contribution in [1.82, 2.24) is 9.55 Å². The molecular weight excluding hydrogens is 372 g/mol. The molecule has 8 heteroatoms. The number of methoxy groups -OCH3 is 1. The summed E-state index contributed by atoms with van der Waals surface area (Å²) in [5, 5.41) is 0.274. The van der Waals surface area contributed by atoms with E-state index in [1.807, 2.05) is 20.8 Å². The van der Waals surface area contributed by atoms with Gasteiger partial charge in [-0.1, -0.05) is 12.2 Å². The molecule has 0 atom stereocenters. The lowest BCUT2D eigenvalue weighted by Crippen LogP contribution is -2.32. The van der Waals surface area contributed by atoms with Crippen LogP contribution in [0.5, 0.6) is 0 Å². The molecule has 0 aromatic carbocycles. The fourth-order valence-corrected chi connectivity index (χ4v) is 4.69. The normalized spacial score (nSPS) is 15.7. The lowest BCUT2D eigenvalue weighted by atomic mass is 9.94. The minimum Gasteiger partial charge on any atom is -0.461 e. The van der Waals surface area contributed by atoms with E-state index in [1.54, 1.807) is 4.57 Å². The van der Waals surface area contributed by atoms with E-state index >= 15 is 0 Å². The first-order valence-electron chi connectivity index (χ1n) is 8.25. The Morgan fingerprint density at radius 3 is 2.88 bits per heavy atom.